The van der Waals surface area contributed by atoms with E-state index in [1.165, 1.54) is 0 Å². The lowest BCUT2D eigenvalue weighted by Crippen LogP contribution is -2.36. The Bertz CT molecular complexity index is 1050. The van der Waals surface area contributed by atoms with Crippen molar-refractivity contribution in [3.63, 3.8) is 0 Å². The standard InChI is InChI=1S/C24H25NO6/c1-28-19-9-8-17(14-6-7-18-15(12-14)13-25-22(18)26)20(21(19)29-2)31-24(10-11-24)23(27)30-16-4-3-5-16/h6-9,12,16H,3-5,10-11,13H2,1-2H3,(H,25,26). The fraction of sp³-hybridized carbons (Fsp3) is 0.417. The molecule has 2 fully saturated rings. The van der Waals surface area contributed by atoms with Crippen LogP contribution in [0.2, 0.25) is 0 Å². The van der Waals surface area contributed by atoms with Gasteiger partial charge < -0.3 is 24.3 Å². The molecule has 1 amide bonds. The molecule has 0 bridgehead atoms. The van der Waals surface area contributed by atoms with Gasteiger partial charge in [-0.1, -0.05) is 6.07 Å². The molecular formula is C24H25NO6. The minimum absolute atomic E-state index is 0.00185. The van der Waals surface area contributed by atoms with Gasteiger partial charge in [0.25, 0.3) is 5.91 Å². The lowest BCUT2D eigenvalue weighted by atomic mass is 9.96. The van der Waals surface area contributed by atoms with Gasteiger partial charge in [-0.3, -0.25) is 4.79 Å². The number of methoxy groups -OCH3 is 2. The molecule has 3 aliphatic rings. The summed E-state index contributed by atoms with van der Waals surface area (Å²) in [4.78, 5) is 24.8. The first kappa shape index (κ1) is 19.7. The molecule has 7 heteroatoms. The first-order valence-corrected chi connectivity index (χ1v) is 10.6. The highest BCUT2D eigenvalue weighted by Gasteiger charge is 2.56. The number of hydrogen-bond acceptors (Lipinski definition) is 6. The number of esters is 1. The molecule has 0 saturated heterocycles. The van der Waals surface area contributed by atoms with Gasteiger partial charge in [-0.15, -0.1) is 0 Å². The van der Waals surface area contributed by atoms with Gasteiger partial charge in [-0.05, 0) is 54.7 Å². The molecular weight excluding hydrogens is 398 g/mol. The van der Waals surface area contributed by atoms with Crippen LogP contribution in [0.25, 0.3) is 11.1 Å². The van der Waals surface area contributed by atoms with Crippen LogP contribution in [-0.2, 0) is 16.1 Å². The molecule has 0 aromatic heterocycles. The van der Waals surface area contributed by atoms with Gasteiger partial charge in [-0.25, -0.2) is 4.79 Å². The van der Waals surface area contributed by atoms with Crippen LogP contribution < -0.4 is 19.5 Å². The second-order valence-corrected chi connectivity index (χ2v) is 8.29. The molecule has 7 nitrogen and oxygen atoms in total. The quantitative estimate of drug-likeness (QED) is 0.685. The summed E-state index contributed by atoms with van der Waals surface area (Å²) in [6.07, 6.45) is 4.12. The number of hydrogen-bond donors (Lipinski definition) is 1. The highest BCUT2D eigenvalue weighted by molar-refractivity contribution is 5.99. The molecule has 1 heterocycles. The van der Waals surface area contributed by atoms with Crippen LogP contribution in [0.3, 0.4) is 0 Å². The maximum Gasteiger partial charge on any atom is 0.350 e. The Kier molecular flexibility index (Phi) is 4.76. The first-order chi connectivity index (χ1) is 15.0. The minimum atomic E-state index is -0.988. The van der Waals surface area contributed by atoms with Crippen LogP contribution in [0, 0.1) is 0 Å². The summed E-state index contributed by atoms with van der Waals surface area (Å²) in [5.41, 5.74) is 2.25. The van der Waals surface area contributed by atoms with Crippen LogP contribution in [0.1, 0.15) is 48.0 Å². The largest absolute Gasteiger partial charge is 0.493 e. The molecule has 0 unspecified atom stereocenters. The van der Waals surface area contributed by atoms with E-state index in [1.807, 2.05) is 30.3 Å². The van der Waals surface area contributed by atoms with Gasteiger partial charge in [-0.2, -0.15) is 0 Å². The van der Waals surface area contributed by atoms with E-state index >= 15 is 0 Å². The maximum absolute atomic E-state index is 12.9. The lowest BCUT2D eigenvalue weighted by molar-refractivity contribution is -0.163. The van der Waals surface area contributed by atoms with Crippen molar-refractivity contribution in [1.82, 2.24) is 5.32 Å². The highest BCUT2D eigenvalue weighted by atomic mass is 16.6. The topological polar surface area (TPSA) is 83.1 Å². The van der Waals surface area contributed by atoms with Gasteiger partial charge in [0.2, 0.25) is 11.4 Å². The molecule has 5 rings (SSSR count). The van der Waals surface area contributed by atoms with E-state index in [0.717, 1.165) is 36.0 Å². The molecule has 1 N–H and O–H groups in total. The van der Waals surface area contributed by atoms with Crippen LogP contribution in [-0.4, -0.2) is 37.8 Å². The summed E-state index contributed by atoms with van der Waals surface area (Å²) >= 11 is 0. The summed E-state index contributed by atoms with van der Waals surface area (Å²) in [7, 11) is 3.11. The van der Waals surface area contributed by atoms with E-state index in [1.54, 1.807) is 14.2 Å². The van der Waals surface area contributed by atoms with Crippen molar-refractivity contribution in [1.29, 1.82) is 0 Å². The molecule has 2 aromatic rings. The molecule has 31 heavy (non-hydrogen) atoms. The van der Waals surface area contributed by atoms with Gasteiger partial charge >= 0.3 is 5.97 Å². The Balaban J connectivity index is 1.54. The number of ether oxygens (including phenoxy) is 4. The Morgan fingerprint density at radius 2 is 1.81 bits per heavy atom. The molecule has 2 saturated carbocycles. The van der Waals surface area contributed by atoms with E-state index in [-0.39, 0.29) is 18.0 Å². The summed E-state index contributed by atoms with van der Waals surface area (Å²) in [5, 5.41) is 2.84. The molecule has 0 spiro atoms. The second-order valence-electron chi connectivity index (χ2n) is 8.29. The highest BCUT2D eigenvalue weighted by Crippen LogP contribution is 2.51. The van der Waals surface area contributed by atoms with Crippen LogP contribution in [0.5, 0.6) is 17.2 Å². The van der Waals surface area contributed by atoms with Gasteiger partial charge in [0.1, 0.15) is 6.10 Å². The van der Waals surface area contributed by atoms with Gasteiger partial charge in [0.05, 0.1) is 14.2 Å². The number of rotatable bonds is 7. The Morgan fingerprint density at radius 1 is 1.03 bits per heavy atom. The first-order valence-electron chi connectivity index (χ1n) is 10.6. The zero-order chi connectivity index (χ0) is 21.6. The third-order valence-corrected chi connectivity index (χ3v) is 6.30. The van der Waals surface area contributed by atoms with E-state index < -0.39 is 5.60 Å². The fourth-order valence-corrected chi connectivity index (χ4v) is 4.03. The predicted molar refractivity (Wildman–Crippen MR) is 112 cm³/mol. The number of benzene rings is 2. The van der Waals surface area contributed by atoms with E-state index in [2.05, 4.69) is 5.32 Å². The normalized spacial score (nSPS) is 18.5. The van der Waals surface area contributed by atoms with Crippen molar-refractivity contribution in [2.24, 2.45) is 0 Å². The summed E-state index contributed by atoms with van der Waals surface area (Å²) in [6, 6.07) is 9.35. The monoisotopic (exact) mass is 423 g/mol. The van der Waals surface area contributed by atoms with Crippen LogP contribution in [0.15, 0.2) is 30.3 Å². The second kappa shape index (κ2) is 7.48. The Labute approximate surface area is 180 Å². The predicted octanol–water partition coefficient (Wildman–Crippen LogP) is 3.62. The molecule has 0 atom stereocenters. The van der Waals surface area contributed by atoms with Crippen LogP contribution in [0.4, 0.5) is 0 Å². The average Bonchev–Trinajstić information content (AvgIpc) is 3.45. The van der Waals surface area contributed by atoms with E-state index in [9.17, 15) is 9.59 Å². The number of carbonyl (C=O) groups excluding carboxylic acids is 2. The smallest absolute Gasteiger partial charge is 0.350 e. The molecule has 2 aromatic carbocycles. The molecule has 162 valence electrons. The number of amides is 1. The number of fused-ring (bicyclic) bond motifs is 1. The molecule has 1 aliphatic heterocycles. The summed E-state index contributed by atoms with van der Waals surface area (Å²) < 4.78 is 23.1. The molecule has 0 radical (unpaired) electrons. The van der Waals surface area contributed by atoms with Crippen molar-refractivity contribution >= 4 is 11.9 Å². The van der Waals surface area contributed by atoms with Crippen molar-refractivity contribution < 1.29 is 28.5 Å². The fourth-order valence-electron chi connectivity index (χ4n) is 4.03. The number of carbonyl (C=O) groups is 2. The van der Waals surface area contributed by atoms with Crippen molar-refractivity contribution in [2.45, 2.75) is 50.4 Å². The van der Waals surface area contributed by atoms with E-state index in [4.69, 9.17) is 18.9 Å². The Hall–Kier alpha value is -3.22. The minimum Gasteiger partial charge on any atom is -0.493 e. The maximum atomic E-state index is 12.9. The summed E-state index contributed by atoms with van der Waals surface area (Å²) in [6.45, 7) is 0.489. The SMILES string of the molecule is COc1ccc(-c2ccc3c(c2)CNC3=O)c(OC2(C(=O)OC3CCC3)CC2)c1OC. The van der Waals surface area contributed by atoms with Crippen LogP contribution >= 0.6 is 0 Å². The third-order valence-electron chi connectivity index (χ3n) is 6.30. The average molecular weight is 423 g/mol. The number of nitrogens with one attached hydrogen (secondary N) is 1. The van der Waals surface area contributed by atoms with Crippen molar-refractivity contribution in [2.75, 3.05) is 14.2 Å². The van der Waals surface area contributed by atoms with Crippen molar-refractivity contribution in [3.8, 4) is 28.4 Å². The Morgan fingerprint density at radius 3 is 2.45 bits per heavy atom. The van der Waals surface area contributed by atoms with E-state index in [0.29, 0.717) is 42.2 Å². The zero-order valence-electron chi connectivity index (χ0n) is 17.7. The summed E-state index contributed by atoms with van der Waals surface area (Å²) in [5.74, 6) is 1.01. The molecule has 2 aliphatic carbocycles. The van der Waals surface area contributed by atoms with Gasteiger partial charge in [0.15, 0.2) is 11.5 Å². The van der Waals surface area contributed by atoms with Gasteiger partial charge in [0, 0.05) is 30.5 Å². The lowest BCUT2D eigenvalue weighted by Gasteiger charge is -2.28. The zero-order valence-corrected chi connectivity index (χ0v) is 17.7. The van der Waals surface area contributed by atoms with Crippen molar-refractivity contribution in [3.05, 3.63) is 41.5 Å². The third kappa shape index (κ3) is 3.38.